The highest BCUT2D eigenvalue weighted by Crippen LogP contribution is 2.32. The molecule has 1 heterocycles. The lowest BCUT2D eigenvalue weighted by Crippen LogP contribution is -2.46. The van der Waals surface area contributed by atoms with Gasteiger partial charge in [0, 0.05) is 11.1 Å². The zero-order valence-corrected chi connectivity index (χ0v) is 12.6. The minimum Gasteiger partial charge on any atom is -0.486 e. The zero-order chi connectivity index (χ0) is 14.8. The molecule has 0 aromatic heterocycles. The molecule has 0 spiro atoms. The first-order valence-corrected chi connectivity index (χ1v) is 7.40. The van der Waals surface area contributed by atoms with Gasteiger partial charge in [-0.05, 0) is 42.7 Å². The SMILES string of the molecule is Cc1ccc(CC(N)C2COc3ccccc3O2)c(Cl)c1. The van der Waals surface area contributed by atoms with Crippen LogP contribution in [0.3, 0.4) is 0 Å². The van der Waals surface area contributed by atoms with Crippen molar-refractivity contribution in [1.82, 2.24) is 0 Å². The number of nitrogens with two attached hydrogens (primary N) is 1. The number of aryl methyl sites for hydroxylation is 1. The summed E-state index contributed by atoms with van der Waals surface area (Å²) in [6.45, 7) is 2.48. The molecular formula is C17H18ClNO2. The number of ether oxygens (including phenoxy) is 2. The molecule has 2 aromatic rings. The fourth-order valence-corrected chi connectivity index (χ4v) is 2.76. The third-order valence-corrected chi connectivity index (χ3v) is 4.02. The number of hydrogen-bond donors (Lipinski definition) is 1. The molecule has 0 saturated heterocycles. The van der Waals surface area contributed by atoms with Crippen molar-refractivity contribution < 1.29 is 9.47 Å². The summed E-state index contributed by atoms with van der Waals surface area (Å²) in [6.07, 6.45) is 0.493. The Bertz CT molecular complexity index is 644. The van der Waals surface area contributed by atoms with Crippen LogP contribution in [0.15, 0.2) is 42.5 Å². The molecule has 3 nitrogen and oxygen atoms in total. The van der Waals surface area contributed by atoms with E-state index in [1.165, 1.54) is 0 Å². The fourth-order valence-electron chi connectivity index (χ4n) is 2.45. The van der Waals surface area contributed by atoms with Crippen molar-refractivity contribution in [2.75, 3.05) is 6.61 Å². The van der Waals surface area contributed by atoms with Crippen LogP contribution in [0.4, 0.5) is 0 Å². The lowest BCUT2D eigenvalue weighted by atomic mass is 10.0. The smallest absolute Gasteiger partial charge is 0.161 e. The summed E-state index contributed by atoms with van der Waals surface area (Å²) < 4.78 is 11.6. The summed E-state index contributed by atoms with van der Waals surface area (Å²) >= 11 is 6.27. The van der Waals surface area contributed by atoms with Gasteiger partial charge in [0.25, 0.3) is 0 Å². The van der Waals surface area contributed by atoms with Crippen LogP contribution in [0, 0.1) is 6.92 Å². The Morgan fingerprint density at radius 3 is 2.76 bits per heavy atom. The Labute approximate surface area is 129 Å². The average Bonchev–Trinajstić information content (AvgIpc) is 2.49. The second kappa shape index (κ2) is 5.96. The van der Waals surface area contributed by atoms with E-state index in [9.17, 15) is 0 Å². The molecule has 21 heavy (non-hydrogen) atoms. The number of fused-ring (bicyclic) bond motifs is 1. The maximum absolute atomic E-state index is 6.28. The highest BCUT2D eigenvalue weighted by Gasteiger charge is 2.26. The fraction of sp³-hybridized carbons (Fsp3) is 0.294. The Kier molecular flexibility index (Phi) is 4.04. The van der Waals surface area contributed by atoms with E-state index in [2.05, 4.69) is 0 Å². The number of para-hydroxylation sites is 2. The maximum Gasteiger partial charge on any atom is 0.161 e. The van der Waals surface area contributed by atoms with E-state index >= 15 is 0 Å². The molecule has 1 aliphatic heterocycles. The van der Waals surface area contributed by atoms with Gasteiger partial charge in [-0.1, -0.05) is 35.9 Å². The Balaban J connectivity index is 1.70. The van der Waals surface area contributed by atoms with E-state index in [0.29, 0.717) is 13.0 Å². The number of rotatable bonds is 3. The van der Waals surface area contributed by atoms with Crippen LogP contribution < -0.4 is 15.2 Å². The topological polar surface area (TPSA) is 44.5 Å². The lowest BCUT2D eigenvalue weighted by Gasteiger charge is -2.30. The van der Waals surface area contributed by atoms with Gasteiger partial charge in [0.1, 0.15) is 12.7 Å². The average molecular weight is 304 g/mol. The summed E-state index contributed by atoms with van der Waals surface area (Å²) in [4.78, 5) is 0. The molecule has 2 atom stereocenters. The molecule has 2 aromatic carbocycles. The Hall–Kier alpha value is -1.71. The second-order valence-corrected chi connectivity index (χ2v) is 5.78. The molecule has 0 fully saturated rings. The van der Waals surface area contributed by atoms with Crippen LogP contribution in [-0.4, -0.2) is 18.8 Å². The number of halogens is 1. The van der Waals surface area contributed by atoms with Crippen molar-refractivity contribution in [3.63, 3.8) is 0 Å². The Morgan fingerprint density at radius 1 is 1.24 bits per heavy atom. The molecular weight excluding hydrogens is 286 g/mol. The predicted molar refractivity (Wildman–Crippen MR) is 84.2 cm³/mol. The van der Waals surface area contributed by atoms with Crippen LogP contribution in [0.2, 0.25) is 5.02 Å². The zero-order valence-electron chi connectivity index (χ0n) is 11.9. The van der Waals surface area contributed by atoms with E-state index in [4.69, 9.17) is 26.8 Å². The van der Waals surface area contributed by atoms with Crippen LogP contribution in [0.25, 0.3) is 0 Å². The molecule has 0 aliphatic carbocycles. The van der Waals surface area contributed by atoms with Crippen LogP contribution in [0.5, 0.6) is 11.5 Å². The summed E-state index contributed by atoms with van der Waals surface area (Å²) in [5, 5.41) is 0.752. The molecule has 0 amide bonds. The minimum atomic E-state index is -0.169. The van der Waals surface area contributed by atoms with Gasteiger partial charge in [0.15, 0.2) is 11.5 Å². The van der Waals surface area contributed by atoms with Gasteiger partial charge >= 0.3 is 0 Å². The molecule has 0 saturated carbocycles. The first-order chi connectivity index (χ1) is 10.1. The van der Waals surface area contributed by atoms with Gasteiger partial charge in [-0.2, -0.15) is 0 Å². The highest BCUT2D eigenvalue weighted by molar-refractivity contribution is 6.31. The van der Waals surface area contributed by atoms with Crippen molar-refractivity contribution >= 4 is 11.6 Å². The first-order valence-electron chi connectivity index (χ1n) is 7.02. The molecule has 4 heteroatoms. The third kappa shape index (κ3) is 3.14. The molecule has 0 radical (unpaired) electrons. The van der Waals surface area contributed by atoms with Gasteiger partial charge in [-0.25, -0.2) is 0 Å². The molecule has 0 bridgehead atoms. The minimum absolute atomic E-state index is 0.168. The summed E-state index contributed by atoms with van der Waals surface area (Å²) in [5.41, 5.74) is 8.46. The van der Waals surface area contributed by atoms with Crippen molar-refractivity contribution in [2.24, 2.45) is 5.73 Å². The summed E-state index contributed by atoms with van der Waals surface area (Å²) in [5.74, 6) is 1.52. The van der Waals surface area contributed by atoms with Gasteiger partial charge in [0.05, 0.1) is 0 Å². The van der Waals surface area contributed by atoms with Gasteiger partial charge in [-0.3, -0.25) is 0 Å². The van der Waals surface area contributed by atoms with Gasteiger partial charge in [0.2, 0.25) is 0 Å². The van der Waals surface area contributed by atoms with E-state index in [-0.39, 0.29) is 12.1 Å². The van der Waals surface area contributed by atoms with E-state index in [1.54, 1.807) is 0 Å². The van der Waals surface area contributed by atoms with Crippen molar-refractivity contribution in [1.29, 1.82) is 0 Å². The molecule has 2 N–H and O–H groups in total. The van der Waals surface area contributed by atoms with Gasteiger partial charge < -0.3 is 15.2 Å². The van der Waals surface area contributed by atoms with E-state index < -0.39 is 0 Å². The van der Waals surface area contributed by atoms with Crippen LogP contribution in [0.1, 0.15) is 11.1 Å². The normalized spacial score (nSPS) is 18.3. The lowest BCUT2D eigenvalue weighted by molar-refractivity contribution is 0.0723. The molecule has 110 valence electrons. The second-order valence-electron chi connectivity index (χ2n) is 5.38. The standard InChI is InChI=1S/C17H18ClNO2/c1-11-6-7-12(13(18)8-11)9-14(19)17-10-20-15-4-2-3-5-16(15)21-17/h2-8,14,17H,9-10,19H2,1H3. The van der Waals surface area contributed by atoms with Crippen LogP contribution >= 0.6 is 11.6 Å². The number of hydrogen-bond acceptors (Lipinski definition) is 3. The summed E-state index contributed by atoms with van der Waals surface area (Å²) in [7, 11) is 0. The van der Waals surface area contributed by atoms with Gasteiger partial charge in [-0.15, -0.1) is 0 Å². The van der Waals surface area contributed by atoms with Crippen molar-refractivity contribution in [3.8, 4) is 11.5 Å². The van der Waals surface area contributed by atoms with E-state index in [0.717, 1.165) is 27.6 Å². The first kappa shape index (κ1) is 14.2. The Morgan fingerprint density at radius 2 is 2.00 bits per heavy atom. The molecule has 3 rings (SSSR count). The quantitative estimate of drug-likeness (QED) is 0.945. The number of benzene rings is 2. The molecule has 1 aliphatic rings. The maximum atomic E-state index is 6.28. The highest BCUT2D eigenvalue weighted by atomic mass is 35.5. The third-order valence-electron chi connectivity index (χ3n) is 3.67. The monoisotopic (exact) mass is 303 g/mol. The molecule has 2 unspecified atom stereocenters. The predicted octanol–water partition coefficient (Wildman–Crippen LogP) is 3.36. The van der Waals surface area contributed by atoms with Crippen molar-refractivity contribution in [3.05, 3.63) is 58.6 Å². The van der Waals surface area contributed by atoms with Crippen molar-refractivity contribution in [2.45, 2.75) is 25.5 Å². The largest absolute Gasteiger partial charge is 0.486 e. The summed E-state index contributed by atoms with van der Waals surface area (Å²) in [6, 6.07) is 13.5. The van der Waals surface area contributed by atoms with E-state index in [1.807, 2.05) is 49.4 Å². The van der Waals surface area contributed by atoms with Crippen LogP contribution in [-0.2, 0) is 6.42 Å².